The SMILES string of the molecule is CN(c1ccc2c(-c3ccccc3S(=O)(=O)NCc3ccc(OCC4=C(C(=O)O)N5C(=O)[C@@H](NC(=O)Cc6cccs6)C5SC4)cc3)c3ccc(=[N+](C)c4ccccc4Cl)cc-3oc2c1)c1ccccc1Cl. The van der Waals surface area contributed by atoms with Crippen molar-refractivity contribution in [3.8, 4) is 28.2 Å². The Kier molecular flexibility index (Phi) is 13.7. The van der Waals surface area contributed by atoms with Gasteiger partial charge in [-0.25, -0.2) is 17.9 Å². The molecule has 2 amide bonds. The van der Waals surface area contributed by atoms with E-state index in [1.54, 1.807) is 48.5 Å². The molecule has 13 nitrogen and oxygen atoms in total. The number of nitrogens with one attached hydrogen (secondary N) is 2. The van der Waals surface area contributed by atoms with Gasteiger partial charge >= 0.3 is 5.97 Å². The zero-order valence-electron chi connectivity index (χ0n) is 38.5. The second-order valence-electron chi connectivity index (χ2n) is 17.1. The van der Waals surface area contributed by atoms with E-state index >= 15 is 0 Å². The lowest BCUT2D eigenvalue weighted by Crippen LogP contribution is -2.70. The van der Waals surface area contributed by atoms with E-state index < -0.39 is 33.3 Å². The largest absolute Gasteiger partial charge is 0.489 e. The molecule has 4 aliphatic rings. The number of aliphatic carboxylic acids is 1. The maximum Gasteiger partial charge on any atom is 0.352 e. The van der Waals surface area contributed by atoms with Crippen molar-refractivity contribution in [3.63, 3.8) is 0 Å². The van der Waals surface area contributed by atoms with E-state index in [2.05, 4.69) is 10.0 Å². The summed E-state index contributed by atoms with van der Waals surface area (Å²) in [4.78, 5) is 42.4. The number of sulfonamides is 1. The van der Waals surface area contributed by atoms with Crippen molar-refractivity contribution in [3.05, 3.63) is 188 Å². The molecule has 1 fully saturated rings. The molecular formula is C54H44Cl2N5O8S3+. The number of hydrogen-bond acceptors (Lipinski definition) is 10. The molecule has 6 aromatic rings. The first-order chi connectivity index (χ1) is 34.8. The van der Waals surface area contributed by atoms with Crippen LogP contribution < -0.4 is 29.6 Å². The topological polar surface area (TPSA) is 162 Å². The highest BCUT2D eigenvalue weighted by Crippen LogP contribution is 2.44. The number of ether oxygens (including phenoxy) is 1. The number of para-hydroxylation sites is 2. The van der Waals surface area contributed by atoms with Crippen molar-refractivity contribution in [1.82, 2.24) is 19.5 Å². The maximum absolute atomic E-state index is 14.5. The van der Waals surface area contributed by atoms with Crippen LogP contribution in [0.4, 0.5) is 17.1 Å². The minimum atomic E-state index is -4.16. The number of benzene rings is 6. The molecular weight excluding hydrogens is 1010 g/mol. The molecule has 3 aliphatic heterocycles. The van der Waals surface area contributed by atoms with E-state index in [-0.39, 0.29) is 41.8 Å². The minimum absolute atomic E-state index is 0.0491. The van der Waals surface area contributed by atoms with Gasteiger partial charge in [-0.2, -0.15) is 4.58 Å². The summed E-state index contributed by atoms with van der Waals surface area (Å²) in [5.41, 5.74) is 5.64. The fourth-order valence-electron chi connectivity index (χ4n) is 8.93. The summed E-state index contributed by atoms with van der Waals surface area (Å²) >= 11 is 16.0. The Bertz CT molecular complexity index is 3620. The third kappa shape index (κ3) is 9.61. The van der Waals surface area contributed by atoms with Gasteiger partial charge in [0.05, 0.1) is 28.1 Å². The Morgan fingerprint density at radius 2 is 1.64 bits per heavy atom. The van der Waals surface area contributed by atoms with Crippen molar-refractivity contribution in [2.45, 2.75) is 29.3 Å². The zero-order valence-corrected chi connectivity index (χ0v) is 42.5. The molecule has 10 rings (SSSR count). The van der Waals surface area contributed by atoms with Crippen LogP contribution in [0.2, 0.25) is 10.0 Å². The van der Waals surface area contributed by atoms with Gasteiger partial charge in [0.2, 0.25) is 27.0 Å². The molecule has 1 saturated heterocycles. The van der Waals surface area contributed by atoms with Gasteiger partial charge in [0, 0.05) is 75.8 Å². The van der Waals surface area contributed by atoms with Gasteiger partial charge in [0.15, 0.2) is 0 Å². The van der Waals surface area contributed by atoms with Gasteiger partial charge in [-0.3, -0.25) is 14.5 Å². The average molecular weight is 1060 g/mol. The molecule has 4 heterocycles. The Hall–Kier alpha value is -6.92. The van der Waals surface area contributed by atoms with Gasteiger partial charge in [0.1, 0.15) is 52.9 Å². The molecule has 18 heteroatoms. The molecule has 2 atom stereocenters. The summed E-state index contributed by atoms with van der Waals surface area (Å²) in [6.45, 7) is -0.148. The molecule has 1 aromatic heterocycles. The summed E-state index contributed by atoms with van der Waals surface area (Å²) in [7, 11) is -0.324. The molecule has 1 unspecified atom stereocenters. The first kappa shape index (κ1) is 48.7. The number of carbonyl (C=O) groups is 3. The Morgan fingerprint density at radius 1 is 0.889 bits per heavy atom. The number of thioether (sulfide) groups is 1. The summed E-state index contributed by atoms with van der Waals surface area (Å²) in [6.07, 6.45) is 0.137. The highest BCUT2D eigenvalue weighted by Gasteiger charge is 2.54. The molecule has 364 valence electrons. The van der Waals surface area contributed by atoms with Crippen molar-refractivity contribution in [2.24, 2.45) is 0 Å². The monoisotopic (exact) mass is 1060 g/mol. The number of β-lactam (4-membered cyclic amide) rings is 1. The van der Waals surface area contributed by atoms with Crippen LogP contribution in [-0.4, -0.2) is 74.1 Å². The molecule has 0 bridgehead atoms. The Balaban J connectivity index is 0.898. The van der Waals surface area contributed by atoms with Crippen LogP contribution in [-0.2, 0) is 37.4 Å². The quantitative estimate of drug-likeness (QED) is 0.0512. The maximum atomic E-state index is 14.5. The van der Waals surface area contributed by atoms with Crippen LogP contribution in [0.3, 0.4) is 0 Å². The van der Waals surface area contributed by atoms with Gasteiger partial charge in [-0.05, 0) is 71.6 Å². The summed E-state index contributed by atoms with van der Waals surface area (Å²) < 4.78 is 46.5. The second-order valence-corrected chi connectivity index (χ2v) is 21.8. The lowest BCUT2D eigenvalue weighted by atomic mass is 9.93. The average Bonchev–Trinajstić information content (AvgIpc) is 3.90. The molecule has 5 aromatic carbocycles. The van der Waals surface area contributed by atoms with Gasteiger partial charge < -0.3 is 24.5 Å². The third-order valence-electron chi connectivity index (χ3n) is 12.6. The predicted molar refractivity (Wildman–Crippen MR) is 284 cm³/mol. The molecule has 0 spiro atoms. The van der Waals surface area contributed by atoms with E-state index in [4.69, 9.17) is 32.4 Å². The van der Waals surface area contributed by atoms with Crippen molar-refractivity contribution in [1.29, 1.82) is 0 Å². The zero-order chi connectivity index (χ0) is 50.3. The number of amides is 2. The number of nitrogens with zero attached hydrogens (tertiary/aromatic N) is 3. The lowest BCUT2D eigenvalue weighted by molar-refractivity contribution is -0.150. The number of carboxylic acids is 1. The predicted octanol–water partition coefficient (Wildman–Crippen LogP) is 9.91. The molecule has 3 N–H and O–H groups in total. The number of halogens is 2. The van der Waals surface area contributed by atoms with E-state index in [9.17, 15) is 27.9 Å². The lowest BCUT2D eigenvalue weighted by Gasteiger charge is -2.49. The van der Waals surface area contributed by atoms with Crippen molar-refractivity contribution in [2.75, 3.05) is 31.4 Å². The summed E-state index contributed by atoms with van der Waals surface area (Å²) in [6, 6.07) is 43.2. The van der Waals surface area contributed by atoms with Crippen LogP contribution >= 0.6 is 46.3 Å². The van der Waals surface area contributed by atoms with Crippen LogP contribution in [0.5, 0.6) is 5.75 Å². The van der Waals surface area contributed by atoms with Crippen molar-refractivity contribution >= 4 is 102 Å². The number of carbonyl (C=O) groups excluding carboxylic acids is 2. The van der Waals surface area contributed by atoms with E-state index in [1.807, 2.05) is 126 Å². The normalized spacial score (nSPS) is 16.1. The number of rotatable bonds is 15. The third-order valence-corrected chi connectivity index (χ3v) is 16.9. The minimum Gasteiger partial charge on any atom is -0.489 e. The van der Waals surface area contributed by atoms with Crippen molar-refractivity contribution < 1.29 is 37.1 Å². The first-order valence-electron chi connectivity index (χ1n) is 22.6. The van der Waals surface area contributed by atoms with Crippen LogP contribution in [0.15, 0.2) is 172 Å². The number of fused-ring (bicyclic) bond motifs is 3. The Morgan fingerprint density at radius 3 is 2.39 bits per heavy atom. The van der Waals surface area contributed by atoms with Gasteiger partial charge in [-0.15, -0.1) is 23.1 Å². The second kappa shape index (κ2) is 20.3. The fourth-order valence-corrected chi connectivity index (χ4v) is 12.7. The fraction of sp³-hybridized carbons (Fsp3) is 0.148. The molecule has 0 radical (unpaired) electrons. The number of thiophene rings is 1. The van der Waals surface area contributed by atoms with Crippen LogP contribution in [0.1, 0.15) is 10.4 Å². The Labute approximate surface area is 433 Å². The van der Waals surface area contributed by atoms with Gasteiger partial charge in [0.25, 0.3) is 5.91 Å². The van der Waals surface area contributed by atoms with Gasteiger partial charge in [-0.1, -0.05) is 83.9 Å². The highest BCUT2D eigenvalue weighted by molar-refractivity contribution is 8.00. The smallest absolute Gasteiger partial charge is 0.352 e. The first-order valence-corrected chi connectivity index (χ1v) is 26.7. The number of hydrogen-bond donors (Lipinski definition) is 3. The van der Waals surface area contributed by atoms with E-state index in [0.717, 1.165) is 27.3 Å². The van der Waals surface area contributed by atoms with E-state index in [0.29, 0.717) is 60.4 Å². The van der Waals surface area contributed by atoms with Crippen LogP contribution in [0, 0.1) is 0 Å². The molecule has 72 heavy (non-hydrogen) atoms. The molecule has 0 saturated carbocycles. The number of anilines is 2. The standard InChI is InChI=1S/C54H43Cl2N5O8S3/c1-59(43-14-6-4-12-41(43)55)34-19-23-38-45(26-34)69-46-27-35(60(2)44-15-7-5-13-42(44)56)20-24-39(46)49(38)40-11-3-8-16-47(40)72(66,67)57-29-32-17-21-36(22-18-32)68-30-33-31-71-53-50(52(63)61(53)51(33)54(64)65)58-48(62)28-37-10-9-25-70-37/h3-27,50,53,57H,28-31H2,1-2H3,(H-,58,62,64,65)/p+1/t50-,53?/m1/s1. The van der Waals surface area contributed by atoms with E-state index in [1.165, 1.54) is 28.0 Å². The number of carboxylic acid groups (broad SMARTS) is 1. The summed E-state index contributed by atoms with van der Waals surface area (Å²) in [5.74, 6) is -0.841. The van der Waals surface area contributed by atoms with Crippen LogP contribution in [0.25, 0.3) is 33.4 Å². The molecule has 1 aliphatic carbocycles. The summed E-state index contributed by atoms with van der Waals surface area (Å²) in [5, 5.41) is 16.9. The highest BCUT2D eigenvalue weighted by atomic mass is 35.5.